The van der Waals surface area contributed by atoms with Crippen molar-refractivity contribution in [3.05, 3.63) is 29.6 Å². The fourth-order valence-electron chi connectivity index (χ4n) is 0.748. The molecular weight excluding hydrogens is 215 g/mol. The minimum Gasteiger partial charge on any atom is -0.261 e. The molecule has 0 saturated heterocycles. The highest BCUT2D eigenvalue weighted by molar-refractivity contribution is 7.93. The van der Waals surface area contributed by atoms with Crippen LogP contribution in [0.3, 0.4) is 0 Å². The predicted molar refractivity (Wildman–Crippen MR) is 47.4 cm³/mol. The lowest BCUT2D eigenvalue weighted by Crippen LogP contribution is -2.07. The van der Waals surface area contributed by atoms with Crippen molar-refractivity contribution >= 4 is 12.0 Å². The molecule has 0 radical (unpaired) electrons. The molecule has 0 aliphatic carbocycles. The van der Waals surface area contributed by atoms with E-state index in [0.717, 1.165) is 5.69 Å². The molecule has 1 aromatic heterocycles. The van der Waals surface area contributed by atoms with Crippen LogP contribution in [0.4, 0.5) is 13.2 Å². The lowest BCUT2D eigenvalue weighted by atomic mass is 10.3. The van der Waals surface area contributed by atoms with Crippen LogP contribution in [-0.4, -0.2) is 11.3 Å². The second kappa shape index (κ2) is 4.65. The maximum absolute atomic E-state index is 11.6. The maximum atomic E-state index is 11.6. The van der Waals surface area contributed by atoms with Gasteiger partial charge < -0.3 is 0 Å². The number of nitrogens with zero attached hydrogens (tertiary/aromatic N) is 1. The number of hydrogen-bond donors (Lipinski definition) is 0. The van der Waals surface area contributed by atoms with Crippen LogP contribution < -0.4 is 0 Å². The number of aromatic nitrogens is 1. The van der Waals surface area contributed by atoms with E-state index in [4.69, 9.17) is 0 Å². The van der Waals surface area contributed by atoms with Crippen molar-refractivity contribution < 1.29 is 17.4 Å². The molecule has 14 heavy (non-hydrogen) atoms. The van der Waals surface area contributed by atoms with Gasteiger partial charge in [0.1, 0.15) is 0 Å². The van der Waals surface area contributed by atoms with E-state index in [9.17, 15) is 13.2 Å². The first-order valence-electron chi connectivity index (χ1n) is 3.76. The summed E-state index contributed by atoms with van der Waals surface area (Å²) in [4.78, 5) is 3.94. The van der Waals surface area contributed by atoms with Crippen molar-refractivity contribution in [3.8, 4) is 0 Å². The predicted octanol–water partition coefficient (Wildman–Crippen LogP) is 3.07. The highest BCUT2D eigenvalue weighted by atomic mass is 32.2. The number of pyridine rings is 1. The van der Waals surface area contributed by atoms with Crippen molar-refractivity contribution in [2.45, 2.75) is 19.0 Å². The molecule has 78 valence electrons. The Morgan fingerprint density at radius 1 is 1.43 bits per heavy atom. The Kier molecular flexibility index (Phi) is 3.77. The van der Waals surface area contributed by atoms with Gasteiger partial charge in [0.05, 0.1) is 0 Å². The monoisotopic (exact) mass is 223 g/mol. The molecule has 0 aliphatic heterocycles. The van der Waals surface area contributed by atoms with Gasteiger partial charge in [-0.25, -0.2) is 4.18 Å². The summed E-state index contributed by atoms with van der Waals surface area (Å²) in [6.07, 6.45) is -3.05. The zero-order chi connectivity index (χ0) is 10.6. The summed E-state index contributed by atoms with van der Waals surface area (Å²) in [7, 11) is 0. The maximum Gasteiger partial charge on any atom is 0.533 e. The average Bonchev–Trinajstić information content (AvgIpc) is 2.06. The highest BCUT2D eigenvalue weighted by Crippen LogP contribution is 2.25. The summed E-state index contributed by atoms with van der Waals surface area (Å²) in [5.74, 6) is 0.132. The van der Waals surface area contributed by atoms with Gasteiger partial charge in [-0.2, -0.15) is 0 Å². The normalized spacial score (nSPS) is 11.7. The van der Waals surface area contributed by atoms with Gasteiger partial charge in [0, 0.05) is 29.7 Å². The van der Waals surface area contributed by atoms with Crippen LogP contribution in [0.15, 0.2) is 18.3 Å². The number of alkyl halides is 3. The Balaban J connectivity index is 2.35. The van der Waals surface area contributed by atoms with E-state index in [1.165, 1.54) is 6.20 Å². The molecule has 1 rings (SSSR count). The molecule has 1 aromatic rings. The van der Waals surface area contributed by atoms with Gasteiger partial charge in [0.15, 0.2) is 0 Å². The largest absolute Gasteiger partial charge is 0.533 e. The van der Waals surface area contributed by atoms with Gasteiger partial charge in [-0.1, -0.05) is 6.07 Å². The summed E-state index contributed by atoms with van der Waals surface area (Å²) in [6.45, 7) is 1.81. The third-order valence-electron chi connectivity index (χ3n) is 1.35. The Morgan fingerprint density at radius 3 is 2.64 bits per heavy atom. The summed E-state index contributed by atoms with van der Waals surface area (Å²) in [6, 6.07) is 3.46. The quantitative estimate of drug-likeness (QED) is 0.735. The van der Waals surface area contributed by atoms with E-state index >= 15 is 0 Å². The van der Waals surface area contributed by atoms with Crippen molar-refractivity contribution in [1.29, 1.82) is 0 Å². The molecule has 0 bridgehead atoms. The van der Waals surface area contributed by atoms with Crippen LogP contribution in [0.5, 0.6) is 0 Å². The first-order valence-corrected chi connectivity index (χ1v) is 4.67. The van der Waals surface area contributed by atoms with Crippen LogP contribution in [-0.2, 0) is 9.94 Å². The fourth-order valence-corrected chi connectivity index (χ4v) is 1.25. The van der Waals surface area contributed by atoms with E-state index in [1.54, 1.807) is 12.1 Å². The minimum absolute atomic E-state index is 0.132. The van der Waals surface area contributed by atoms with Crippen LogP contribution in [0.25, 0.3) is 0 Å². The van der Waals surface area contributed by atoms with Gasteiger partial charge in [0.2, 0.25) is 0 Å². The standard InChI is InChI=1S/C8H8F3NOS/c1-6-2-3-7(4-12-6)5-14-13-8(9,10)11/h2-4H,5H2,1H3. The summed E-state index contributed by atoms with van der Waals surface area (Å²) >= 11 is 0.354. The van der Waals surface area contributed by atoms with E-state index in [2.05, 4.69) is 9.17 Å². The Hall–Kier alpha value is -0.750. The molecule has 0 unspecified atom stereocenters. The molecule has 0 aliphatic rings. The number of halogens is 3. The van der Waals surface area contributed by atoms with E-state index in [-0.39, 0.29) is 5.75 Å². The minimum atomic E-state index is -4.58. The molecule has 1 heterocycles. The van der Waals surface area contributed by atoms with Crippen LogP contribution in [0, 0.1) is 6.92 Å². The summed E-state index contributed by atoms with van der Waals surface area (Å²) in [5, 5.41) is 0. The number of hydrogen-bond acceptors (Lipinski definition) is 3. The topological polar surface area (TPSA) is 22.1 Å². The lowest BCUT2D eigenvalue weighted by Gasteiger charge is -2.05. The zero-order valence-corrected chi connectivity index (χ0v) is 8.15. The summed E-state index contributed by atoms with van der Waals surface area (Å²) < 4.78 is 38.2. The molecule has 0 spiro atoms. The van der Waals surface area contributed by atoms with Crippen molar-refractivity contribution in [1.82, 2.24) is 4.98 Å². The van der Waals surface area contributed by atoms with Gasteiger partial charge in [-0.3, -0.25) is 4.98 Å². The SMILES string of the molecule is Cc1ccc(CSOC(F)(F)F)cn1. The molecule has 0 fully saturated rings. The molecule has 0 N–H and O–H groups in total. The van der Waals surface area contributed by atoms with E-state index in [0.29, 0.717) is 17.6 Å². The molecule has 0 saturated carbocycles. The molecule has 2 nitrogen and oxygen atoms in total. The second-order valence-electron chi connectivity index (χ2n) is 2.60. The molecule has 0 amide bonds. The van der Waals surface area contributed by atoms with E-state index < -0.39 is 6.36 Å². The summed E-state index contributed by atoms with van der Waals surface area (Å²) in [5.41, 5.74) is 1.53. The van der Waals surface area contributed by atoms with Crippen molar-refractivity contribution in [2.75, 3.05) is 0 Å². The van der Waals surface area contributed by atoms with Gasteiger partial charge in [0.25, 0.3) is 0 Å². The molecule has 0 aromatic carbocycles. The zero-order valence-electron chi connectivity index (χ0n) is 7.34. The fraction of sp³-hybridized carbons (Fsp3) is 0.375. The van der Waals surface area contributed by atoms with Crippen LogP contribution in [0.1, 0.15) is 11.3 Å². The van der Waals surface area contributed by atoms with Gasteiger partial charge in [-0.05, 0) is 18.6 Å². The first kappa shape index (κ1) is 11.3. The second-order valence-corrected chi connectivity index (χ2v) is 3.29. The van der Waals surface area contributed by atoms with Crippen molar-refractivity contribution in [2.24, 2.45) is 0 Å². The highest BCUT2D eigenvalue weighted by Gasteiger charge is 2.29. The van der Waals surface area contributed by atoms with Crippen LogP contribution >= 0.6 is 12.0 Å². The third kappa shape index (κ3) is 4.48. The average molecular weight is 223 g/mol. The van der Waals surface area contributed by atoms with Gasteiger partial charge >= 0.3 is 6.36 Å². The Labute approximate surface area is 83.7 Å². The first-order chi connectivity index (χ1) is 6.47. The van der Waals surface area contributed by atoms with Crippen molar-refractivity contribution in [3.63, 3.8) is 0 Å². The Morgan fingerprint density at radius 2 is 2.14 bits per heavy atom. The number of aryl methyl sites for hydroxylation is 1. The Bertz CT molecular complexity index is 286. The lowest BCUT2D eigenvalue weighted by molar-refractivity contribution is -0.266. The van der Waals surface area contributed by atoms with Crippen LogP contribution in [0.2, 0.25) is 0 Å². The molecule has 0 atom stereocenters. The number of rotatable bonds is 3. The van der Waals surface area contributed by atoms with Gasteiger partial charge in [-0.15, -0.1) is 13.2 Å². The third-order valence-corrected chi connectivity index (χ3v) is 2.11. The smallest absolute Gasteiger partial charge is 0.261 e. The van der Waals surface area contributed by atoms with E-state index in [1.807, 2.05) is 6.92 Å². The molecular formula is C8H8F3NOS. The molecule has 6 heteroatoms.